The van der Waals surface area contributed by atoms with Crippen molar-refractivity contribution in [3.05, 3.63) is 398 Å². The number of carbonyl (C=O) groups excluding carboxylic acids is 4. The monoisotopic (exact) mass is 1750 g/mol. The molecule has 0 aliphatic heterocycles. The minimum Gasteiger partial charge on any atom is -2.00 e. The number of aromatic carboxylic acids is 4. The first-order valence-corrected chi connectivity index (χ1v) is 29.2. The van der Waals surface area contributed by atoms with Crippen molar-refractivity contribution < 1.29 is 150 Å². The molecule has 0 spiro atoms. The predicted octanol–water partition coefficient (Wildman–Crippen LogP) is 5.31. The second kappa shape index (κ2) is 71.3. The van der Waals surface area contributed by atoms with Gasteiger partial charge in [-0.15, -0.1) is 0 Å². The van der Waals surface area contributed by atoms with Crippen LogP contribution in [0.1, 0.15) is 63.7 Å². The quantitative estimate of drug-likeness (QED) is 0.0804. The molecule has 0 atom stereocenters. The second-order valence-electron chi connectivity index (χ2n) is 18.5. The van der Waals surface area contributed by atoms with Gasteiger partial charge in [0.25, 0.3) is 0 Å². The van der Waals surface area contributed by atoms with Crippen molar-refractivity contribution in [2.75, 3.05) is 0 Å². The van der Waals surface area contributed by atoms with Crippen molar-refractivity contribution in [3.63, 3.8) is 0 Å². The molecule has 4 aromatic carbocycles. The molecule has 8 aromatic heterocycles. The van der Waals surface area contributed by atoms with E-state index in [2.05, 4.69) is 39.9 Å². The third-order valence-corrected chi connectivity index (χ3v) is 11.4. The molecule has 116 heavy (non-hydrogen) atoms. The van der Waals surface area contributed by atoms with Gasteiger partial charge in [0, 0.05) is 49.6 Å². The van der Waals surface area contributed by atoms with E-state index in [9.17, 15) is 39.6 Å². The fourth-order valence-electron chi connectivity index (χ4n) is 6.84. The van der Waals surface area contributed by atoms with Crippen LogP contribution in [0.2, 0.25) is 0 Å². The van der Waals surface area contributed by atoms with Crippen LogP contribution in [0.3, 0.4) is 0 Å². The van der Waals surface area contributed by atoms with E-state index in [-0.39, 0.29) is 112 Å². The van der Waals surface area contributed by atoms with E-state index in [4.69, 9.17) is 82.3 Å². The van der Waals surface area contributed by atoms with Gasteiger partial charge in [-0.1, -0.05) is 97.1 Å². The molecule has 0 aliphatic rings. The van der Waals surface area contributed by atoms with Crippen LogP contribution in [-0.4, -0.2) is 89.6 Å². The Labute approximate surface area is 698 Å². The van der Waals surface area contributed by atoms with Gasteiger partial charge in [0.05, 0.1) is 136 Å². The SMILES string of the molecule is N#Cc1ccc(C(=O)[O-])cc1.N#Cc1ccc(C(=O)[O-])cc1.N#Cc1ccc(C(=O)[O-])cc1.N#Cc1ccc(C(=O)[O-])cc1.O.O=[N+]([O-])[O-].O=[N+]([O-])[O-].O=[N+]([O-])[O-].O=[N+]([O-])[O-].[Mn+3].[Mn+3].[Mn+3].[Mn+3].[O-2].[O-2].[OH3+].c1ccc(-c2ccccn2)nc1.c1ccc(-c2ccccn2)nc1.c1ccc(-c2ccccn2)nc1.c1ccc(-c2ccccn2)nc1. The zero-order valence-electron chi connectivity index (χ0n) is 58.4. The first-order valence-electron chi connectivity index (χ1n) is 29.2. The first-order chi connectivity index (χ1) is 51.7. The van der Waals surface area contributed by atoms with E-state index in [0.29, 0.717) is 22.3 Å². The molecule has 0 fully saturated rings. The molecule has 0 radical (unpaired) electrons. The number of nitrogens with zero attached hydrogens (tertiary/aromatic N) is 16. The van der Waals surface area contributed by atoms with Gasteiger partial charge in [-0.05, 0) is 168 Å². The van der Waals surface area contributed by atoms with Crippen molar-refractivity contribution in [1.82, 2.24) is 39.9 Å². The summed E-state index contributed by atoms with van der Waals surface area (Å²) in [5, 5.41) is 133. The Balaban J connectivity index is -0.000000185. The maximum atomic E-state index is 10.2. The number of aromatic nitrogens is 8. The van der Waals surface area contributed by atoms with Gasteiger partial charge < -0.3 is 123 Å². The Morgan fingerprint density at radius 2 is 0.345 bits per heavy atom. The van der Waals surface area contributed by atoms with Gasteiger partial charge >= 0.3 is 68.3 Å². The Hall–Kier alpha value is -15.4. The van der Waals surface area contributed by atoms with Gasteiger partial charge in [-0.25, -0.2) is 0 Å². The van der Waals surface area contributed by atoms with E-state index in [1.807, 2.05) is 170 Å². The van der Waals surface area contributed by atoms with Crippen LogP contribution in [0.5, 0.6) is 0 Å². The van der Waals surface area contributed by atoms with Crippen molar-refractivity contribution >= 4 is 23.9 Å². The minimum absolute atomic E-state index is 0. The zero-order valence-corrected chi connectivity index (χ0v) is 63.2. The molecule has 0 aliphatic carbocycles. The number of hydrogen-bond acceptors (Lipinski definition) is 32. The van der Waals surface area contributed by atoms with Gasteiger partial charge in [-0.2, -0.15) is 21.0 Å². The van der Waals surface area contributed by atoms with Crippen LogP contribution >= 0.6 is 0 Å². The first kappa shape index (κ1) is 116. The second-order valence-corrected chi connectivity index (χ2v) is 18.5. The van der Waals surface area contributed by atoms with Gasteiger partial charge in [0.15, 0.2) is 0 Å². The van der Waals surface area contributed by atoms with E-state index in [0.717, 1.165) is 45.6 Å². The third kappa shape index (κ3) is 56.8. The van der Waals surface area contributed by atoms with E-state index >= 15 is 0 Å². The molecule has 592 valence electrons. The summed E-state index contributed by atoms with van der Waals surface area (Å²) >= 11 is 0. The van der Waals surface area contributed by atoms with E-state index in [1.54, 1.807) is 49.6 Å². The number of nitriles is 4. The van der Waals surface area contributed by atoms with Gasteiger partial charge in [0.2, 0.25) is 0 Å². The van der Waals surface area contributed by atoms with Crippen LogP contribution in [0.4, 0.5) is 0 Å². The molecule has 5 N–H and O–H groups in total. The smallest absolute Gasteiger partial charge is 2.00 e. The van der Waals surface area contributed by atoms with Crippen molar-refractivity contribution in [1.29, 1.82) is 21.0 Å². The topological polar surface area (TPSA) is 745 Å². The van der Waals surface area contributed by atoms with E-state index in [1.165, 1.54) is 97.1 Å². The van der Waals surface area contributed by atoms with Crippen LogP contribution in [-0.2, 0) is 84.7 Å². The number of carboxylic acids is 4. The molecule has 0 unspecified atom stereocenters. The number of carbonyl (C=O) groups is 4. The molecule has 0 bridgehead atoms. The molecule has 8 heterocycles. The summed E-state index contributed by atoms with van der Waals surface area (Å²) in [6.07, 6.45) is 14.1. The predicted molar refractivity (Wildman–Crippen MR) is 383 cm³/mol. The molecule has 12 rings (SSSR count). The summed E-state index contributed by atoms with van der Waals surface area (Å²) in [5.41, 5.74) is 9.43. The molecule has 44 heteroatoms. The third-order valence-electron chi connectivity index (χ3n) is 11.4. The Morgan fingerprint density at radius 1 is 0.241 bits per heavy atom. The molecular formula is C72H53Mn4N16O24+. The number of rotatable bonds is 8. The zero-order chi connectivity index (χ0) is 80.3. The standard InChI is InChI=1S/4C10H8N2.4C8H5NO2.4Mn.4NO3.2H2O.2O/c4*1-3-7-11-9(5-1)10-6-2-4-8-12-10;4*9-5-6-1-3-7(4-2-6)8(10)11;;;;;4*2-1(3)4;;;;/h4*1-8H;4*1-4H,(H,10,11);;;;;;;;;2*1H2;;/q;;;;;;;;4*+3;4*-1;;;2*-2/p-3. The summed E-state index contributed by atoms with van der Waals surface area (Å²) in [5.74, 6) is -4.91. The number of benzene rings is 4. The molecule has 0 saturated carbocycles. The van der Waals surface area contributed by atoms with Crippen LogP contribution in [0.25, 0.3) is 45.6 Å². The maximum absolute atomic E-state index is 10.2. The number of pyridine rings is 8. The Bertz CT molecular complexity index is 4060. The number of carboxylic acid groups (broad SMARTS) is 4. The minimum atomic E-state index is -1.75. The van der Waals surface area contributed by atoms with Crippen molar-refractivity contribution in [2.24, 2.45) is 0 Å². The fraction of sp³-hybridized carbons (Fsp3) is 0. The van der Waals surface area contributed by atoms with Crippen LogP contribution in [0, 0.1) is 107 Å². The molecule has 40 nitrogen and oxygen atoms in total. The van der Waals surface area contributed by atoms with Gasteiger partial charge in [-0.3, -0.25) is 39.9 Å². The summed E-state index contributed by atoms with van der Waals surface area (Å²) in [4.78, 5) is 107. The summed E-state index contributed by atoms with van der Waals surface area (Å²) in [6, 6.07) is 76.1. The Kier molecular flexibility index (Phi) is 71.5. The summed E-state index contributed by atoms with van der Waals surface area (Å²) < 4.78 is 0. The maximum Gasteiger partial charge on any atom is 3.00 e. The fourth-order valence-corrected chi connectivity index (χ4v) is 6.84. The molecule has 0 amide bonds. The average molecular weight is 1750 g/mol. The van der Waals surface area contributed by atoms with Gasteiger partial charge in [0.1, 0.15) is 0 Å². The molecule has 12 aromatic rings. The average Bonchev–Trinajstić information content (AvgIpc) is 0.900. The Morgan fingerprint density at radius 3 is 0.414 bits per heavy atom. The largest absolute Gasteiger partial charge is 3.00 e. The number of hydrogen-bond donors (Lipinski definition) is 0. The van der Waals surface area contributed by atoms with E-state index < -0.39 is 44.2 Å². The normalized spacial score (nSPS) is 8.10. The molecule has 0 saturated heterocycles. The summed E-state index contributed by atoms with van der Waals surface area (Å²) in [7, 11) is 0. The van der Waals surface area contributed by atoms with Crippen molar-refractivity contribution in [2.45, 2.75) is 0 Å². The van der Waals surface area contributed by atoms with Crippen LogP contribution in [0.15, 0.2) is 292 Å². The van der Waals surface area contributed by atoms with Crippen molar-refractivity contribution in [3.8, 4) is 69.8 Å². The molecular weight excluding hydrogens is 1690 g/mol. The summed E-state index contributed by atoms with van der Waals surface area (Å²) in [6.45, 7) is 0. The van der Waals surface area contributed by atoms with Crippen LogP contribution < -0.4 is 20.4 Å².